The molecule has 0 aromatic carbocycles. The molecule has 4 aliphatic carbocycles. The van der Waals surface area contributed by atoms with Gasteiger partial charge in [-0.25, -0.2) is 0 Å². The van der Waals surface area contributed by atoms with Gasteiger partial charge in [0, 0.05) is 31.1 Å². The number of Topliss-reactive ketones (excluding diaryl/α,β-unsaturated/α-hetero) is 1. The normalized spacial score (nSPS) is 45.1. The number of ether oxygens (including phenoxy) is 2. The summed E-state index contributed by atoms with van der Waals surface area (Å²) in [5.41, 5.74) is -1.58. The molecule has 0 spiro atoms. The zero-order chi connectivity index (χ0) is 23.6. The number of esters is 2. The van der Waals surface area contributed by atoms with Crippen LogP contribution in [0.1, 0.15) is 73.1 Å². The van der Waals surface area contributed by atoms with Crippen molar-refractivity contribution in [3.05, 3.63) is 11.6 Å². The van der Waals surface area contributed by atoms with E-state index < -0.39 is 40.6 Å². The van der Waals surface area contributed by atoms with Crippen molar-refractivity contribution in [3.8, 4) is 0 Å². The minimum Gasteiger partial charge on any atom is -0.459 e. The third-order valence-corrected chi connectivity index (χ3v) is 9.20. The summed E-state index contributed by atoms with van der Waals surface area (Å²) in [7, 11) is 0. The fraction of sp³-hybridized carbons (Fsp3) is 0.760. The molecule has 7 nitrogen and oxygen atoms in total. The number of carbonyl (C=O) groups excluding carboxylic acids is 4. The van der Waals surface area contributed by atoms with Crippen LogP contribution in [0.4, 0.5) is 0 Å². The Kier molecular flexibility index (Phi) is 5.43. The summed E-state index contributed by atoms with van der Waals surface area (Å²) in [5.74, 6) is -1.59. The molecule has 0 amide bonds. The molecule has 176 valence electrons. The SMILES string of the molecule is CC(=O)OC1CC2C(=O)C=C3C(CCC4(C)C(C(C)=O)CCC34O)C2(C)CC1OC(C)=O. The van der Waals surface area contributed by atoms with Gasteiger partial charge in [0.2, 0.25) is 0 Å². The third-order valence-electron chi connectivity index (χ3n) is 9.20. The van der Waals surface area contributed by atoms with Crippen LogP contribution in [0.15, 0.2) is 11.6 Å². The number of rotatable bonds is 3. The van der Waals surface area contributed by atoms with Gasteiger partial charge in [-0.3, -0.25) is 19.2 Å². The predicted octanol–water partition coefficient (Wildman–Crippen LogP) is 2.92. The molecule has 0 aromatic heterocycles. The van der Waals surface area contributed by atoms with Gasteiger partial charge in [0.1, 0.15) is 18.0 Å². The lowest BCUT2D eigenvalue weighted by atomic mass is 9.46. The Hall–Kier alpha value is -2.02. The second-order valence-corrected chi connectivity index (χ2v) is 10.9. The molecule has 3 saturated carbocycles. The molecule has 1 N–H and O–H groups in total. The fourth-order valence-corrected chi connectivity index (χ4v) is 7.65. The first-order chi connectivity index (χ1) is 14.8. The lowest BCUT2D eigenvalue weighted by Crippen LogP contribution is -2.61. The maximum absolute atomic E-state index is 13.4. The standard InChI is InChI=1S/C25H34O7/c1-13(26)16-7-9-25(30)18-10-20(29)19-11-21(31-14(2)27)22(32-15(3)28)12-23(19,4)17(18)6-8-24(16,25)5/h10,16-17,19,21-22,30H,6-9,11-12H2,1-5H3. The summed E-state index contributed by atoms with van der Waals surface area (Å²) in [6, 6.07) is 0. The molecule has 0 aliphatic heterocycles. The lowest BCUT2D eigenvalue weighted by Gasteiger charge is -2.60. The first-order valence-corrected chi connectivity index (χ1v) is 11.7. The largest absolute Gasteiger partial charge is 0.459 e. The van der Waals surface area contributed by atoms with Crippen molar-refractivity contribution in [2.75, 3.05) is 0 Å². The topological polar surface area (TPSA) is 107 Å². The van der Waals surface area contributed by atoms with E-state index in [1.165, 1.54) is 13.8 Å². The molecule has 0 aromatic rings. The van der Waals surface area contributed by atoms with Gasteiger partial charge in [0.15, 0.2) is 5.78 Å². The third kappa shape index (κ3) is 3.18. The summed E-state index contributed by atoms with van der Waals surface area (Å²) in [6.45, 7) is 8.25. The van der Waals surface area contributed by atoms with Gasteiger partial charge >= 0.3 is 11.9 Å². The maximum Gasteiger partial charge on any atom is 0.303 e. The Balaban J connectivity index is 1.74. The molecule has 0 heterocycles. The maximum atomic E-state index is 13.4. The molecule has 32 heavy (non-hydrogen) atoms. The molecule has 0 saturated heterocycles. The average Bonchev–Trinajstić information content (AvgIpc) is 2.94. The Morgan fingerprint density at radius 2 is 1.59 bits per heavy atom. The smallest absolute Gasteiger partial charge is 0.303 e. The van der Waals surface area contributed by atoms with E-state index in [1.54, 1.807) is 13.0 Å². The quantitative estimate of drug-likeness (QED) is 0.664. The summed E-state index contributed by atoms with van der Waals surface area (Å²) in [5, 5.41) is 12.0. The Labute approximate surface area is 188 Å². The first kappa shape index (κ1) is 23.1. The van der Waals surface area contributed by atoms with Gasteiger partial charge in [-0.05, 0) is 68.4 Å². The molecule has 0 radical (unpaired) electrons. The van der Waals surface area contributed by atoms with E-state index in [9.17, 15) is 24.3 Å². The van der Waals surface area contributed by atoms with Gasteiger partial charge < -0.3 is 14.6 Å². The van der Waals surface area contributed by atoms with E-state index in [1.807, 2.05) is 13.8 Å². The van der Waals surface area contributed by atoms with Crippen molar-refractivity contribution in [1.82, 2.24) is 0 Å². The Bertz CT molecular complexity index is 906. The minimum atomic E-state index is -1.19. The van der Waals surface area contributed by atoms with E-state index in [4.69, 9.17) is 9.47 Å². The van der Waals surface area contributed by atoms with Crippen molar-refractivity contribution in [2.24, 2.45) is 28.6 Å². The highest BCUT2D eigenvalue weighted by Crippen LogP contribution is 2.67. The molecule has 8 unspecified atom stereocenters. The number of hydrogen-bond donors (Lipinski definition) is 1. The number of hydrogen-bond acceptors (Lipinski definition) is 7. The first-order valence-electron chi connectivity index (χ1n) is 11.7. The number of fused-ring (bicyclic) bond motifs is 5. The minimum absolute atomic E-state index is 0.0645. The van der Waals surface area contributed by atoms with Crippen molar-refractivity contribution < 1.29 is 33.8 Å². The molecule has 4 aliphatic rings. The predicted molar refractivity (Wildman–Crippen MR) is 114 cm³/mol. The molecule has 7 heteroatoms. The Morgan fingerprint density at radius 3 is 2.19 bits per heavy atom. The molecule has 0 bridgehead atoms. The zero-order valence-electron chi connectivity index (χ0n) is 19.6. The van der Waals surface area contributed by atoms with Crippen LogP contribution in [0.2, 0.25) is 0 Å². The lowest BCUT2D eigenvalue weighted by molar-refractivity contribution is -0.186. The van der Waals surface area contributed by atoms with E-state index >= 15 is 0 Å². The van der Waals surface area contributed by atoms with Gasteiger partial charge in [0.05, 0.1) is 5.60 Å². The van der Waals surface area contributed by atoms with Gasteiger partial charge in [-0.2, -0.15) is 0 Å². The zero-order valence-corrected chi connectivity index (χ0v) is 19.6. The van der Waals surface area contributed by atoms with Crippen LogP contribution in [0, 0.1) is 28.6 Å². The van der Waals surface area contributed by atoms with Crippen LogP contribution >= 0.6 is 0 Å². The summed E-state index contributed by atoms with van der Waals surface area (Å²) in [6.07, 6.45) is 3.51. The van der Waals surface area contributed by atoms with Crippen molar-refractivity contribution in [1.29, 1.82) is 0 Å². The fourth-order valence-electron chi connectivity index (χ4n) is 7.65. The van der Waals surface area contributed by atoms with Gasteiger partial charge in [-0.1, -0.05) is 13.8 Å². The summed E-state index contributed by atoms with van der Waals surface area (Å²) >= 11 is 0. The molecule has 3 fully saturated rings. The summed E-state index contributed by atoms with van der Waals surface area (Å²) in [4.78, 5) is 49.2. The van der Waals surface area contributed by atoms with Crippen LogP contribution in [-0.2, 0) is 28.7 Å². The Morgan fingerprint density at radius 1 is 0.969 bits per heavy atom. The van der Waals surface area contributed by atoms with E-state index in [0.29, 0.717) is 32.1 Å². The van der Waals surface area contributed by atoms with E-state index in [-0.39, 0.29) is 29.3 Å². The van der Waals surface area contributed by atoms with E-state index in [2.05, 4.69) is 0 Å². The van der Waals surface area contributed by atoms with Gasteiger partial charge in [-0.15, -0.1) is 0 Å². The van der Waals surface area contributed by atoms with Crippen LogP contribution < -0.4 is 0 Å². The number of allylic oxidation sites excluding steroid dienone is 1. The van der Waals surface area contributed by atoms with Crippen molar-refractivity contribution in [3.63, 3.8) is 0 Å². The molecular weight excluding hydrogens is 412 g/mol. The number of carbonyl (C=O) groups is 4. The van der Waals surface area contributed by atoms with Gasteiger partial charge in [0.25, 0.3) is 0 Å². The van der Waals surface area contributed by atoms with Crippen LogP contribution in [0.3, 0.4) is 0 Å². The van der Waals surface area contributed by atoms with Crippen LogP contribution in [0.25, 0.3) is 0 Å². The second-order valence-electron chi connectivity index (χ2n) is 10.9. The number of ketones is 2. The van der Waals surface area contributed by atoms with E-state index in [0.717, 1.165) is 12.0 Å². The second kappa shape index (κ2) is 7.51. The highest BCUT2D eigenvalue weighted by molar-refractivity contribution is 5.95. The molecule has 8 atom stereocenters. The van der Waals surface area contributed by atoms with Crippen LogP contribution in [0.5, 0.6) is 0 Å². The highest BCUT2D eigenvalue weighted by Gasteiger charge is 2.67. The van der Waals surface area contributed by atoms with Crippen LogP contribution in [-0.4, -0.2) is 46.4 Å². The van der Waals surface area contributed by atoms with Crippen molar-refractivity contribution >= 4 is 23.5 Å². The highest BCUT2D eigenvalue weighted by atomic mass is 16.6. The molecule has 4 rings (SSSR count). The van der Waals surface area contributed by atoms with Crippen molar-refractivity contribution in [2.45, 2.75) is 91.0 Å². The average molecular weight is 447 g/mol. The summed E-state index contributed by atoms with van der Waals surface area (Å²) < 4.78 is 11.0. The number of aliphatic hydroxyl groups is 1. The molecular formula is C25H34O7. The monoisotopic (exact) mass is 446 g/mol.